The summed E-state index contributed by atoms with van der Waals surface area (Å²) in [7, 11) is 0. The number of hydrogen-bond acceptors (Lipinski definition) is 2. The van der Waals surface area contributed by atoms with Crippen LogP contribution in [0.4, 0.5) is 0 Å². The maximum absolute atomic E-state index is 12.0. The number of carbonyl (C=O) groups excluding carboxylic acids is 1. The van der Waals surface area contributed by atoms with Crippen LogP contribution in [0.1, 0.15) is 30.9 Å². The highest BCUT2D eigenvalue weighted by atomic mass is 16.4. The number of aryl methyl sites for hydroxylation is 1. The second-order valence-corrected chi connectivity index (χ2v) is 4.71. The van der Waals surface area contributed by atoms with Crippen molar-refractivity contribution in [2.45, 2.75) is 26.7 Å². The quantitative estimate of drug-likeness (QED) is 0.778. The summed E-state index contributed by atoms with van der Waals surface area (Å²) in [5.41, 5.74) is 2.13. The van der Waals surface area contributed by atoms with Crippen LogP contribution in [0, 0.1) is 6.92 Å². The molecule has 20 heavy (non-hydrogen) atoms. The highest BCUT2D eigenvalue weighted by Crippen LogP contribution is 2.06. The molecular formula is C16H21NO3. The molecule has 0 spiro atoms. The van der Waals surface area contributed by atoms with Gasteiger partial charge in [-0.3, -0.25) is 9.59 Å². The number of carboxylic acid groups (broad SMARTS) is 1. The number of carbonyl (C=O) groups is 2. The second kappa shape index (κ2) is 8.15. The molecule has 0 saturated carbocycles. The van der Waals surface area contributed by atoms with Gasteiger partial charge in [-0.25, -0.2) is 0 Å². The maximum Gasteiger partial charge on any atom is 0.305 e. The van der Waals surface area contributed by atoms with Crippen LogP contribution in [0.25, 0.3) is 6.08 Å². The molecule has 0 aliphatic carbocycles. The summed E-state index contributed by atoms with van der Waals surface area (Å²) in [4.78, 5) is 24.2. The number of rotatable bonds is 7. The van der Waals surface area contributed by atoms with E-state index in [1.807, 2.05) is 38.1 Å². The third-order valence-electron chi connectivity index (χ3n) is 2.90. The smallest absolute Gasteiger partial charge is 0.305 e. The zero-order chi connectivity index (χ0) is 15.0. The minimum absolute atomic E-state index is 0.0237. The monoisotopic (exact) mass is 275 g/mol. The maximum atomic E-state index is 12.0. The summed E-state index contributed by atoms with van der Waals surface area (Å²) in [5.74, 6) is -1.03. The number of nitrogens with zero attached hydrogens (tertiary/aromatic N) is 1. The van der Waals surface area contributed by atoms with Gasteiger partial charge in [-0.1, -0.05) is 36.8 Å². The van der Waals surface area contributed by atoms with Crippen LogP contribution in [0.15, 0.2) is 30.3 Å². The second-order valence-electron chi connectivity index (χ2n) is 4.71. The summed E-state index contributed by atoms with van der Waals surface area (Å²) < 4.78 is 0. The standard InChI is InChI=1S/C16H21NO3/c1-3-11-17(12-10-16(19)20)15(18)9-8-14-6-4-13(2)5-7-14/h4-9H,3,10-12H2,1-2H3,(H,19,20)/b9-8+. The van der Waals surface area contributed by atoms with Crippen LogP contribution in [-0.4, -0.2) is 35.0 Å². The molecule has 0 heterocycles. The van der Waals surface area contributed by atoms with E-state index >= 15 is 0 Å². The third kappa shape index (κ3) is 5.69. The lowest BCUT2D eigenvalue weighted by Crippen LogP contribution is -2.32. The Kier molecular flexibility index (Phi) is 6.50. The predicted octanol–water partition coefficient (Wildman–Crippen LogP) is 2.72. The molecule has 1 aromatic carbocycles. The van der Waals surface area contributed by atoms with Gasteiger partial charge in [0.25, 0.3) is 0 Å². The van der Waals surface area contributed by atoms with Gasteiger partial charge in [-0.2, -0.15) is 0 Å². The van der Waals surface area contributed by atoms with E-state index in [4.69, 9.17) is 5.11 Å². The Morgan fingerprint density at radius 1 is 1.20 bits per heavy atom. The van der Waals surface area contributed by atoms with Crippen molar-refractivity contribution in [3.8, 4) is 0 Å². The first kappa shape index (κ1) is 16.0. The van der Waals surface area contributed by atoms with Gasteiger partial charge in [0.1, 0.15) is 0 Å². The van der Waals surface area contributed by atoms with Gasteiger partial charge in [0.2, 0.25) is 5.91 Å². The van der Waals surface area contributed by atoms with Gasteiger partial charge in [0.05, 0.1) is 6.42 Å². The summed E-state index contributed by atoms with van der Waals surface area (Å²) in [5, 5.41) is 8.69. The highest BCUT2D eigenvalue weighted by molar-refractivity contribution is 5.92. The van der Waals surface area contributed by atoms with Crippen molar-refractivity contribution in [2.24, 2.45) is 0 Å². The Morgan fingerprint density at radius 2 is 1.85 bits per heavy atom. The Hall–Kier alpha value is -2.10. The average Bonchev–Trinajstić information content (AvgIpc) is 2.42. The molecule has 0 atom stereocenters. The molecule has 1 N–H and O–H groups in total. The molecule has 0 fully saturated rings. The number of amides is 1. The zero-order valence-corrected chi connectivity index (χ0v) is 12.0. The predicted molar refractivity (Wildman–Crippen MR) is 79.3 cm³/mol. The molecular weight excluding hydrogens is 254 g/mol. The highest BCUT2D eigenvalue weighted by Gasteiger charge is 2.10. The first-order chi connectivity index (χ1) is 9.52. The molecule has 0 unspecified atom stereocenters. The minimum Gasteiger partial charge on any atom is -0.481 e. The Morgan fingerprint density at radius 3 is 2.40 bits per heavy atom. The Bertz CT molecular complexity index is 477. The summed E-state index contributed by atoms with van der Waals surface area (Å²) in [6.45, 7) is 4.79. The lowest BCUT2D eigenvalue weighted by atomic mass is 10.1. The van der Waals surface area contributed by atoms with Gasteiger partial charge in [-0.15, -0.1) is 0 Å². The van der Waals surface area contributed by atoms with Gasteiger partial charge in [-0.05, 0) is 25.0 Å². The lowest BCUT2D eigenvalue weighted by molar-refractivity contribution is -0.138. The van der Waals surface area contributed by atoms with E-state index in [0.29, 0.717) is 6.54 Å². The molecule has 1 amide bonds. The van der Waals surface area contributed by atoms with E-state index in [9.17, 15) is 9.59 Å². The third-order valence-corrected chi connectivity index (χ3v) is 2.90. The molecule has 1 aromatic rings. The van der Waals surface area contributed by atoms with Gasteiger partial charge in [0, 0.05) is 19.2 Å². The van der Waals surface area contributed by atoms with E-state index in [1.54, 1.807) is 11.0 Å². The van der Waals surface area contributed by atoms with Crippen molar-refractivity contribution >= 4 is 18.0 Å². The Labute approximate surface area is 119 Å². The number of carboxylic acids is 1. The summed E-state index contributed by atoms with van der Waals surface area (Å²) in [6.07, 6.45) is 4.04. The van der Waals surface area contributed by atoms with Crippen LogP contribution in [0.3, 0.4) is 0 Å². The first-order valence-electron chi connectivity index (χ1n) is 6.78. The molecule has 0 saturated heterocycles. The van der Waals surface area contributed by atoms with Gasteiger partial charge in [0.15, 0.2) is 0 Å². The SMILES string of the molecule is CCCN(CCC(=O)O)C(=O)/C=C/c1ccc(C)cc1. The first-order valence-corrected chi connectivity index (χ1v) is 6.78. The fourth-order valence-corrected chi connectivity index (χ4v) is 1.78. The molecule has 4 heteroatoms. The lowest BCUT2D eigenvalue weighted by Gasteiger charge is -2.19. The number of benzene rings is 1. The van der Waals surface area contributed by atoms with Crippen LogP contribution in [0.5, 0.6) is 0 Å². The minimum atomic E-state index is -0.888. The average molecular weight is 275 g/mol. The number of aliphatic carboxylic acids is 1. The van der Waals surface area contributed by atoms with Crippen molar-refractivity contribution in [3.05, 3.63) is 41.5 Å². The fraction of sp³-hybridized carbons (Fsp3) is 0.375. The van der Waals surface area contributed by atoms with E-state index < -0.39 is 5.97 Å². The van der Waals surface area contributed by atoms with Crippen molar-refractivity contribution < 1.29 is 14.7 Å². The molecule has 0 bridgehead atoms. The normalized spacial score (nSPS) is 10.7. The largest absolute Gasteiger partial charge is 0.481 e. The van der Waals surface area contributed by atoms with E-state index in [1.165, 1.54) is 11.6 Å². The van der Waals surface area contributed by atoms with Crippen molar-refractivity contribution in [1.29, 1.82) is 0 Å². The van der Waals surface area contributed by atoms with E-state index in [2.05, 4.69) is 0 Å². The molecule has 1 rings (SSSR count). The number of hydrogen-bond donors (Lipinski definition) is 1. The van der Waals surface area contributed by atoms with Crippen LogP contribution in [0.2, 0.25) is 0 Å². The zero-order valence-electron chi connectivity index (χ0n) is 12.0. The van der Waals surface area contributed by atoms with Crippen molar-refractivity contribution in [3.63, 3.8) is 0 Å². The van der Waals surface area contributed by atoms with Crippen molar-refractivity contribution in [2.75, 3.05) is 13.1 Å². The van der Waals surface area contributed by atoms with E-state index in [-0.39, 0.29) is 18.9 Å². The van der Waals surface area contributed by atoms with E-state index in [0.717, 1.165) is 12.0 Å². The molecule has 4 nitrogen and oxygen atoms in total. The van der Waals surface area contributed by atoms with Crippen LogP contribution < -0.4 is 0 Å². The molecule has 0 aliphatic rings. The van der Waals surface area contributed by atoms with Gasteiger partial charge >= 0.3 is 5.97 Å². The van der Waals surface area contributed by atoms with Gasteiger partial charge < -0.3 is 10.0 Å². The van der Waals surface area contributed by atoms with Crippen LogP contribution in [-0.2, 0) is 9.59 Å². The molecule has 0 aromatic heterocycles. The van der Waals surface area contributed by atoms with Crippen molar-refractivity contribution in [1.82, 2.24) is 4.90 Å². The molecule has 108 valence electrons. The van der Waals surface area contributed by atoms with Crippen LogP contribution >= 0.6 is 0 Å². The summed E-state index contributed by atoms with van der Waals surface area (Å²) >= 11 is 0. The molecule has 0 radical (unpaired) electrons. The summed E-state index contributed by atoms with van der Waals surface area (Å²) in [6, 6.07) is 7.86. The fourth-order valence-electron chi connectivity index (χ4n) is 1.78. The Balaban J connectivity index is 2.64. The topological polar surface area (TPSA) is 57.6 Å². The molecule has 0 aliphatic heterocycles.